The largest absolute Gasteiger partial charge is 0.416 e. The van der Waals surface area contributed by atoms with Crippen LogP contribution in [0.1, 0.15) is 11.1 Å². The molecule has 7 nitrogen and oxygen atoms in total. The summed E-state index contributed by atoms with van der Waals surface area (Å²) >= 11 is 2.00. The number of nitrogens with zero attached hydrogens (tertiary/aromatic N) is 4. The lowest BCUT2D eigenvalue weighted by Crippen LogP contribution is -2.21. The Hall–Kier alpha value is -3.04. The van der Waals surface area contributed by atoms with Gasteiger partial charge in [0.25, 0.3) is 11.2 Å². The number of hydrogen-bond donors (Lipinski definition) is 0. The van der Waals surface area contributed by atoms with Crippen molar-refractivity contribution in [2.75, 3.05) is 18.5 Å². The van der Waals surface area contributed by atoms with Gasteiger partial charge in [0.1, 0.15) is 4.70 Å². The summed E-state index contributed by atoms with van der Waals surface area (Å²) in [5, 5.41) is 12.7. The number of benzene rings is 1. The molecule has 0 bridgehead atoms. The zero-order valence-corrected chi connectivity index (χ0v) is 15.6. The Balaban J connectivity index is 2.05. The number of rotatable bonds is 3. The predicted octanol–water partition coefficient (Wildman–Crippen LogP) is 3.53. The molecule has 0 atom stereocenters. The van der Waals surface area contributed by atoms with Gasteiger partial charge in [0, 0.05) is 18.5 Å². The number of alkyl halides is 3. The highest BCUT2D eigenvalue weighted by Crippen LogP contribution is 2.38. The van der Waals surface area contributed by atoms with Crippen LogP contribution < -0.4 is 10.5 Å². The van der Waals surface area contributed by atoms with Crippen LogP contribution in [-0.4, -0.2) is 27.9 Å². The molecule has 1 aromatic carbocycles. The minimum absolute atomic E-state index is 0.109. The van der Waals surface area contributed by atoms with Crippen LogP contribution in [0, 0.1) is 22.0 Å². The van der Waals surface area contributed by atoms with Crippen LogP contribution in [-0.2, 0) is 6.18 Å². The quantitative estimate of drug-likeness (QED) is 0.362. The van der Waals surface area contributed by atoms with Crippen molar-refractivity contribution in [2.45, 2.75) is 6.18 Å². The number of anilines is 1. The molecule has 144 valence electrons. The first-order valence-corrected chi connectivity index (χ1v) is 9.12. The van der Waals surface area contributed by atoms with Gasteiger partial charge in [-0.2, -0.15) is 22.5 Å². The fraction of sp³-hybridized carbons (Fsp3) is 0.188. The van der Waals surface area contributed by atoms with Crippen LogP contribution in [0.4, 0.5) is 24.0 Å². The Morgan fingerprint density at radius 2 is 2.11 bits per heavy atom. The molecule has 0 fully saturated rings. The second-order valence-corrected chi connectivity index (χ2v) is 7.13. The van der Waals surface area contributed by atoms with Crippen molar-refractivity contribution in [3.8, 4) is 11.8 Å². The van der Waals surface area contributed by atoms with E-state index in [1.807, 2.05) is 0 Å². The molecule has 0 aliphatic carbocycles. The van der Waals surface area contributed by atoms with Crippen molar-refractivity contribution in [2.24, 2.45) is 0 Å². The number of halogens is 3. The first-order chi connectivity index (χ1) is 13.2. The molecule has 3 aromatic rings. The summed E-state index contributed by atoms with van der Waals surface area (Å²) in [7, 11) is 1.57. The highest BCUT2D eigenvalue weighted by Gasteiger charge is 2.34. The molecule has 12 heteroatoms. The monoisotopic (exact) mass is 426 g/mol. The molecule has 0 N–H and O–H groups in total. The molecule has 28 heavy (non-hydrogen) atoms. The minimum atomic E-state index is -4.82. The van der Waals surface area contributed by atoms with E-state index in [0.29, 0.717) is 17.7 Å². The van der Waals surface area contributed by atoms with E-state index in [4.69, 9.17) is 0 Å². The SMILES string of the molecule is CN(CC#Cc1cnsc1)c1nc(=O)c2cc(C(F)(F)F)cc([N+](=O)[O-])c2s1. The topological polar surface area (TPSA) is 89.2 Å². The normalized spacial score (nSPS) is 11.1. The molecule has 0 amide bonds. The molecule has 2 aromatic heterocycles. The molecule has 0 aliphatic rings. The van der Waals surface area contributed by atoms with E-state index < -0.39 is 33.3 Å². The number of aromatic nitrogens is 2. The lowest BCUT2D eigenvalue weighted by atomic mass is 10.1. The Morgan fingerprint density at radius 3 is 2.71 bits per heavy atom. The number of fused-ring (bicyclic) bond motifs is 1. The molecule has 0 unspecified atom stereocenters. The van der Waals surface area contributed by atoms with Crippen molar-refractivity contribution in [1.29, 1.82) is 0 Å². The van der Waals surface area contributed by atoms with Crippen molar-refractivity contribution in [3.05, 3.63) is 55.3 Å². The highest BCUT2D eigenvalue weighted by atomic mass is 32.1. The van der Waals surface area contributed by atoms with E-state index in [1.54, 1.807) is 18.6 Å². The van der Waals surface area contributed by atoms with Crippen molar-refractivity contribution >= 4 is 43.8 Å². The van der Waals surface area contributed by atoms with E-state index in [-0.39, 0.29) is 16.4 Å². The highest BCUT2D eigenvalue weighted by molar-refractivity contribution is 7.22. The molecule has 0 saturated carbocycles. The Labute approximate surface area is 163 Å². The standard InChI is InChI=1S/C16H9F3N4O3S2/c1-22(4-2-3-9-7-20-27-8-9)15-21-14(24)11-5-10(16(17,18)19)6-12(23(25)26)13(11)28-15/h5-8H,4H2,1H3. The second-order valence-electron chi connectivity index (χ2n) is 5.50. The van der Waals surface area contributed by atoms with E-state index in [9.17, 15) is 28.1 Å². The summed E-state index contributed by atoms with van der Waals surface area (Å²) < 4.78 is 42.7. The summed E-state index contributed by atoms with van der Waals surface area (Å²) in [5.74, 6) is 5.70. The third-order valence-electron chi connectivity index (χ3n) is 3.52. The van der Waals surface area contributed by atoms with Gasteiger partial charge in [-0.05, 0) is 17.6 Å². The van der Waals surface area contributed by atoms with Crippen LogP contribution in [0.5, 0.6) is 0 Å². The molecule has 0 saturated heterocycles. The summed E-state index contributed by atoms with van der Waals surface area (Å²) in [5.41, 5.74) is -2.32. The van der Waals surface area contributed by atoms with E-state index in [2.05, 4.69) is 21.2 Å². The predicted molar refractivity (Wildman–Crippen MR) is 99.8 cm³/mol. The molecular weight excluding hydrogens is 417 g/mol. The zero-order valence-electron chi connectivity index (χ0n) is 14.0. The summed E-state index contributed by atoms with van der Waals surface area (Å²) in [6, 6.07) is 1.01. The second kappa shape index (κ2) is 7.53. The Morgan fingerprint density at radius 1 is 1.36 bits per heavy atom. The lowest BCUT2D eigenvalue weighted by Gasteiger charge is -2.14. The molecule has 2 heterocycles. The van der Waals surface area contributed by atoms with E-state index >= 15 is 0 Å². The van der Waals surface area contributed by atoms with Crippen LogP contribution in [0.3, 0.4) is 0 Å². The number of nitro benzene ring substituents is 1. The average molecular weight is 426 g/mol. The van der Waals surface area contributed by atoms with Gasteiger partial charge >= 0.3 is 6.18 Å². The van der Waals surface area contributed by atoms with E-state index in [0.717, 1.165) is 11.3 Å². The summed E-state index contributed by atoms with van der Waals surface area (Å²) in [6.07, 6.45) is -3.23. The molecule has 0 spiro atoms. The Bertz CT molecular complexity index is 1160. The maximum absolute atomic E-state index is 13.0. The van der Waals surface area contributed by atoms with Crippen LogP contribution in [0.15, 0.2) is 28.5 Å². The fourth-order valence-corrected chi connectivity index (χ4v) is 3.69. The van der Waals surface area contributed by atoms with Gasteiger partial charge in [-0.3, -0.25) is 14.9 Å². The van der Waals surface area contributed by atoms with Crippen molar-refractivity contribution in [3.63, 3.8) is 0 Å². The maximum Gasteiger partial charge on any atom is 0.416 e. The smallest absolute Gasteiger partial charge is 0.340 e. The van der Waals surface area contributed by atoms with Gasteiger partial charge in [0.2, 0.25) is 0 Å². The van der Waals surface area contributed by atoms with Gasteiger partial charge in [0.15, 0.2) is 5.13 Å². The van der Waals surface area contributed by atoms with Crippen molar-refractivity contribution < 1.29 is 18.1 Å². The van der Waals surface area contributed by atoms with Gasteiger partial charge in [-0.15, -0.1) is 0 Å². The molecule has 0 aliphatic heterocycles. The van der Waals surface area contributed by atoms with Gasteiger partial charge in [0.05, 0.1) is 34.2 Å². The molecule has 3 rings (SSSR count). The van der Waals surface area contributed by atoms with E-state index in [1.165, 1.54) is 16.4 Å². The third-order valence-corrected chi connectivity index (χ3v) is 5.33. The van der Waals surface area contributed by atoms with Crippen LogP contribution in [0.25, 0.3) is 10.1 Å². The lowest BCUT2D eigenvalue weighted by molar-refractivity contribution is -0.383. The molecular formula is C16H9F3N4O3S2. The first-order valence-electron chi connectivity index (χ1n) is 7.46. The molecule has 0 radical (unpaired) electrons. The minimum Gasteiger partial charge on any atom is -0.340 e. The number of non-ortho nitro benzene ring substituents is 1. The maximum atomic E-state index is 13.0. The van der Waals surface area contributed by atoms with Gasteiger partial charge < -0.3 is 4.90 Å². The first kappa shape index (κ1) is 19.7. The Kier molecular flexibility index (Phi) is 5.30. The van der Waals surface area contributed by atoms with Gasteiger partial charge in [-0.25, -0.2) is 0 Å². The fourth-order valence-electron chi connectivity index (χ4n) is 2.20. The average Bonchev–Trinajstić information content (AvgIpc) is 3.13. The number of hydrogen-bond acceptors (Lipinski definition) is 8. The van der Waals surface area contributed by atoms with Crippen LogP contribution in [0.2, 0.25) is 0 Å². The summed E-state index contributed by atoms with van der Waals surface area (Å²) in [6.45, 7) is 0.152. The zero-order chi connectivity index (χ0) is 20.5. The summed E-state index contributed by atoms with van der Waals surface area (Å²) in [4.78, 5) is 27.8. The third kappa shape index (κ3) is 4.10. The number of nitro groups is 1. The van der Waals surface area contributed by atoms with Crippen molar-refractivity contribution in [1.82, 2.24) is 9.36 Å². The van der Waals surface area contributed by atoms with Crippen LogP contribution >= 0.6 is 22.9 Å². The van der Waals surface area contributed by atoms with Gasteiger partial charge in [-0.1, -0.05) is 23.2 Å².